The Balaban J connectivity index is 2.01. The Morgan fingerprint density at radius 3 is 2.14 bits per heavy atom. The molecule has 6 heteroatoms. The van der Waals surface area contributed by atoms with Crippen LogP contribution in [-0.2, 0) is 19.7 Å². The molecule has 6 nitrogen and oxygen atoms in total. The van der Waals surface area contributed by atoms with Crippen LogP contribution in [0.3, 0.4) is 0 Å². The van der Waals surface area contributed by atoms with Crippen molar-refractivity contribution in [2.24, 2.45) is 5.73 Å². The summed E-state index contributed by atoms with van der Waals surface area (Å²) in [5, 5.41) is 9.62. The number of carboxylic acids is 1. The van der Waals surface area contributed by atoms with Crippen molar-refractivity contribution in [3.05, 3.63) is 71.3 Å². The van der Waals surface area contributed by atoms with E-state index in [-0.39, 0.29) is 5.56 Å². The van der Waals surface area contributed by atoms with Gasteiger partial charge in [-0.15, -0.1) is 0 Å². The third-order valence-corrected chi connectivity index (χ3v) is 5.36. The van der Waals surface area contributed by atoms with E-state index in [1.807, 2.05) is 0 Å². The molecule has 1 amide bonds. The number of aliphatic carboxylic acids is 1. The Hall–Kier alpha value is -3.15. The predicted octanol–water partition coefficient (Wildman–Crippen LogP) is 3.36. The van der Waals surface area contributed by atoms with E-state index in [1.54, 1.807) is 54.6 Å². The molecule has 1 atom stereocenters. The topological polar surface area (TPSA) is 107 Å². The number of carbonyl (C=O) groups is 3. The van der Waals surface area contributed by atoms with Gasteiger partial charge in [0.2, 0.25) is 12.0 Å². The van der Waals surface area contributed by atoms with Crippen molar-refractivity contribution in [3.63, 3.8) is 0 Å². The first kappa shape index (κ1) is 19.6. The summed E-state index contributed by atoms with van der Waals surface area (Å²) in [6.07, 6.45) is 2.09. The Labute approximate surface area is 163 Å². The highest BCUT2D eigenvalue weighted by atomic mass is 16.6. The van der Waals surface area contributed by atoms with E-state index in [2.05, 4.69) is 0 Å². The molecule has 2 aromatic rings. The molecule has 146 valence electrons. The highest BCUT2D eigenvalue weighted by Gasteiger charge is 2.46. The van der Waals surface area contributed by atoms with Crippen LogP contribution in [0.15, 0.2) is 54.6 Å². The monoisotopic (exact) mass is 381 g/mol. The summed E-state index contributed by atoms with van der Waals surface area (Å²) < 4.78 is 5.54. The molecule has 0 aliphatic heterocycles. The fourth-order valence-electron chi connectivity index (χ4n) is 3.96. The average Bonchev–Trinajstić information content (AvgIpc) is 2.72. The lowest BCUT2D eigenvalue weighted by molar-refractivity contribution is -0.170. The molecule has 1 aliphatic carbocycles. The molecule has 28 heavy (non-hydrogen) atoms. The molecule has 1 aliphatic rings. The fraction of sp³-hybridized carbons (Fsp3) is 0.318. The molecule has 0 spiro atoms. The SMILES string of the molecule is NC(=O)c1ccccc1C1(C(=O)OC(C(=O)O)c2ccccc2)CCCCC1. The van der Waals surface area contributed by atoms with Crippen molar-refractivity contribution < 1.29 is 24.2 Å². The normalized spacial score (nSPS) is 16.7. The first-order chi connectivity index (χ1) is 13.5. The van der Waals surface area contributed by atoms with Crippen LogP contribution in [0, 0.1) is 0 Å². The summed E-state index contributed by atoms with van der Waals surface area (Å²) in [5.41, 5.74) is 5.63. The van der Waals surface area contributed by atoms with Crippen molar-refractivity contribution in [1.82, 2.24) is 0 Å². The van der Waals surface area contributed by atoms with Gasteiger partial charge in [0.15, 0.2) is 0 Å². The Morgan fingerprint density at radius 2 is 1.54 bits per heavy atom. The third-order valence-electron chi connectivity index (χ3n) is 5.36. The van der Waals surface area contributed by atoms with Gasteiger partial charge in [0, 0.05) is 11.1 Å². The average molecular weight is 381 g/mol. The maximum atomic E-state index is 13.3. The van der Waals surface area contributed by atoms with Gasteiger partial charge in [-0.3, -0.25) is 9.59 Å². The molecule has 0 aromatic heterocycles. The smallest absolute Gasteiger partial charge is 0.349 e. The zero-order valence-corrected chi connectivity index (χ0v) is 15.5. The number of rotatable bonds is 6. The Morgan fingerprint density at radius 1 is 0.929 bits per heavy atom. The van der Waals surface area contributed by atoms with Crippen molar-refractivity contribution >= 4 is 17.8 Å². The van der Waals surface area contributed by atoms with E-state index in [1.165, 1.54) is 0 Å². The van der Waals surface area contributed by atoms with Crippen LogP contribution in [0.1, 0.15) is 59.7 Å². The highest BCUT2D eigenvalue weighted by molar-refractivity contribution is 5.97. The number of hydrogen-bond acceptors (Lipinski definition) is 4. The van der Waals surface area contributed by atoms with E-state index in [0.29, 0.717) is 24.0 Å². The van der Waals surface area contributed by atoms with E-state index in [4.69, 9.17) is 10.5 Å². The number of nitrogens with two attached hydrogens (primary N) is 1. The quantitative estimate of drug-likeness (QED) is 0.746. The molecule has 0 heterocycles. The van der Waals surface area contributed by atoms with Gasteiger partial charge in [0.25, 0.3) is 0 Å². The molecule has 0 bridgehead atoms. The second-order valence-corrected chi connectivity index (χ2v) is 7.09. The van der Waals surface area contributed by atoms with Gasteiger partial charge in [-0.05, 0) is 24.5 Å². The number of carbonyl (C=O) groups excluding carboxylic acids is 2. The first-order valence-corrected chi connectivity index (χ1v) is 9.34. The van der Waals surface area contributed by atoms with Crippen molar-refractivity contribution in [3.8, 4) is 0 Å². The van der Waals surface area contributed by atoms with E-state index in [9.17, 15) is 19.5 Å². The van der Waals surface area contributed by atoms with Crippen molar-refractivity contribution in [1.29, 1.82) is 0 Å². The highest BCUT2D eigenvalue weighted by Crippen LogP contribution is 2.43. The maximum absolute atomic E-state index is 13.3. The van der Waals surface area contributed by atoms with Gasteiger partial charge >= 0.3 is 11.9 Å². The molecule has 1 unspecified atom stereocenters. The minimum atomic E-state index is -1.41. The molecule has 0 radical (unpaired) electrons. The van der Waals surface area contributed by atoms with Gasteiger partial charge in [0.05, 0.1) is 5.41 Å². The summed E-state index contributed by atoms with van der Waals surface area (Å²) in [7, 11) is 0. The van der Waals surface area contributed by atoms with Crippen LogP contribution in [0.5, 0.6) is 0 Å². The molecule has 3 rings (SSSR count). The lowest BCUT2D eigenvalue weighted by Gasteiger charge is -2.37. The number of hydrogen-bond donors (Lipinski definition) is 2. The van der Waals surface area contributed by atoms with Crippen LogP contribution in [-0.4, -0.2) is 23.0 Å². The zero-order chi connectivity index (χ0) is 20.1. The minimum Gasteiger partial charge on any atom is -0.478 e. The van der Waals surface area contributed by atoms with Crippen LogP contribution < -0.4 is 5.73 Å². The number of primary amides is 1. The Bertz CT molecular complexity index is 872. The number of benzene rings is 2. The molecule has 0 saturated heterocycles. The molecular weight excluding hydrogens is 358 g/mol. The number of carboxylic acid groups (broad SMARTS) is 1. The van der Waals surface area contributed by atoms with Gasteiger partial charge in [0.1, 0.15) is 0 Å². The van der Waals surface area contributed by atoms with Gasteiger partial charge in [-0.1, -0.05) is 67.8 Å². The van der Waals surface area contributed by atoms with Crippen LogP contribution in [0.2, 0.25) is 0 Å². The molecule has 1 fully saturated rings. The van der Waals surface area contributed by atoms with Crippen LogP contribution >= 0.6 is 0 Å². The third kappa shape index (κ3) is 3.76. The van der Waals surface area contributed by atoms with Crippen molar-refractivity contribution in [2.75, 3.05) is 0 Å². The van der Waals surface area contributed by atoms with E-state index < -0.39 is 29.4 Å². The van der Waals surface area contributed by atoms with Gasteiger partial charge < -0.3 is 15.6 Å². The molecular formula is C22H23NO5. The summed E-state index contributed by atoms with van der Waals surface area (Å²) in [6, 6.07) is 15.1. The maximum Gasteiger partial charge on any atom is 0.349 e. The van der Waals surface area contributed by atoms with Gasteiger partial charge in [-0.2, -0.15) is 0 Å². The van der Waals surface area contributed by atoms with Crippen molar-refractivity contribution in [2.45, 2.75) is 43.6 Å². The summed E-state index contributed by atoms with van der Waals surface area (Å²) >= 11 is 0. The zero-order valence-electron chi connectivity index (χ0n) is 15.5. The van der Waals surface area contributed by atoms with E-state index >= 15 is 0 Å². The van der Waals surface area contributed by atoms with Crippen LogP contribution in [0.25, 0.3) is 0 Å². The van der Waals surface area contributed by atoms with Gasteiger partial charge in [-0.25, -0.2) is 4.79 Å². The van der Waals surface area contributed by atoms with Crippen LogP contribution in [0.4, 0.5) is 0 Å². The molecule has 3 N–H and O–H groups in total. The first-order valence-electron chi connectivity index (χ1n) is 9.34. The van der Waals surface area contributed by atoms with E-state index in [0.717, 1.165) is 19.3 Å². The number of amides is 1. The summed E-state index contributed by atoms with van der Waals surface area (Å²) in [6.45, 7) is 0. The standard InChI is InChI=1S/C22H23NO5/c23-19(24)16-11-5-6-12-17(16)22(13-7-2-8-14-22)21(27)28-18(20(25)26)15-9-3-1-4-10-15/h1,3-6,9-12,18H,2,7-8,13-14H2,(H2,23,24)(H,25,26). The number of esters is 1. The largest absolute Gasteiger partial charge is 0.478 e. The lowest BCUT2D eigenvalue weighted by Crippen LogP contribution is -2.42. The second-order valence-electron chi connectivity index (χ2n) is 7.09. The Kier molecular flexibility index (Phi) is 5.78. The fourth-order valence-corrected chi connectivity index (χ4v) is 3.96. The lowest BCUT2D eigenvalue weighted by atomic mass is 9.68. The predicted molar refractivity (Wildman–Crippen MR) is 103 cm³/mol. The molecule has 1 saturated carbocycles. The second kappa shape index (κ2) is 8.25. The molecule has 2 aromatic carbocycles. The minimum absolute atomic E-state index is 0.271. The number of ether oxygens (including phenoxy) is 1. The summed E-state index contributed by atoms with van der Waals surface area (Å²) in [5.74, 6) is -2.49. The summed E-state index contributed by atoms with van der Waals surface area (Å²) in [4.78, 5) is 37.1.